The lowest BCUT2D eigenvalue weighted by molar-refractivity contribution is -0.113. The van der Waals surface area contributed by atoms with E-state index < -0.39 is 0 Å². The van der Waals surface area contributed by atoms with Crippen LogP contribution in [0.5, 0.6) is 0 Å². The Balaban J connectivity index is 2.43. The molecule has 8 heteroatoms. The molecule has 2 heterocycles. The van der Waals surface area contributed by atoms with E-state index >= 15 is 0 Å². The molecule has 16 heavy (non-hydrogen) atoms. The lowest BCUT2D eigenvalue weighted by atomic mass is 10.5. The summed E-state index contributed by atoms with van der Waals surface area (Å²) in [5.74, 6) is -0.0350. The Morgan fingerprint density at radius 3 is 2.94 bits per heavy atom. The average molecular weight is 300 g/mol. The molecule has 82 valence electrons. The number of nitrogens with zero attached hydrogens (tertiary/aromatic N) is 4. The molecule has 1 amide bonds. The largest absolute Gasteiger partial charge is 0.269 e. The maximum absolute atomic E-state index is 11.7. The molecule has 0 fully saturated rings. The standard InChI is InChI=1S/C8H6BrN5OS/c1-2-6(15)14(8-10-12-13-11-8)7-4-3-5(9)16-7/h2-4H,1H2,(H,10,11,12,13). The fourth-order valence-corrected chi connectivity index (χ4v) is 2.45. The molecule has 1 N–H and O–H groups in total. The monoisotopic (exact) mass is 299 g/mol. The van der Waals surface area contributed by atoms with Gasteiger partial charge in [0.05, 0.1) is 3.79 Å². The highest BCUT2D eigenvalue weighted by Crippen LogP contribution is 2.33. The maximum atomic E-state index is 11.7. The normalized spacial score (nSPS) is 10.1. The Morgan fingerprint density at radius 1 is 1.62 bits per heavy atom. The van der Waals surface area contributed by atoms with Gasteiger partial charge >= 0.3 is 0 Å². The molecule has 2 rings (SSSR count). The lowest BCUT2D eigenvalue weighted by Crippen LogP contribution is -2.23. The van der Waals surface area contributed by atoms with Crippen molar-refractivity contribution in [2.45, 2.75) is 0 Å². The average Bonchev–Trinajstić information content (AvgIpc) is 2.91. The Labute approximate surface area is 103 Å². The molecule has 0 aliphatic carbocycles. The number of aromatic nitrogens is 4. The van der Waals surface area contributed by atoms with Crippen molar-refractivity contribution >= 4 is 44.1 Å². The first-order chi connectivity index (χ1) is 7.72. The molecule has 2 aromatic heterocycles. The molecule has 0 saturated heterocycles. The van der Waals surface area contributed by atoms with E-state index in [9.17, 15) is 4.79 Å². The number of tetrazole rings is 1. The summed E-state index contributed by atoms with van der Waals surface area (Å²) in [6, 6.07) is 3.63. The lowest BCUT2D eigenvalue weighted by Gasteiger charge is -2.14. The first-order valence-electron chi connectivity index (χ1n) is 4.18. The first-order valence-corrected chi connectivity index (χ1v) is 5.79. The minimum absolute atomic E-state index is 0.263. The molecule has 6 nitrogen and oxygen atoms in total. The second-order valence-electron chi connectivity index (χ2n) is 2.68. The van der Waals surface area contributed by atoms with Crippen LogP contribution in [0.1, 0.15) is 0 Å². The van der Waals surface area contributed by atoms with E-state index in [0.717, 1.165) is 3.79 Å². The molecule has 0 unspecified atom stereocenters. The summed E-state index contributed by atoms with van der Waals surface area (Å²) in [6.45, 7) is 3.44. The molecule has 0 atom stereocenters. The van der Waals surface area contributed by atoms with E-state index in [4.69, 9.17) is 0 Å². The van der Waals surface area contributed by atoms with Gasteiger partial charge in [0.1, 0.15) is 5.00 Å². The number of rotatable bonds is 3. The number of halogens is 1. The third-order valence-electron chi connectivity index (χ3n) is 1.72. The van der Waals surface area contributed by atoms with Gasteiger partial charge in [0.25, 0.3) is 11.9 Å². The van der Waals surface area contributed by atoms with E-state index in [2.05, 4.69) is 43.1 Å². The summed E-state index contributed by atoms with van der Waals surface area (Å²) < 4.78 is 0.914. The van der Waals surface area contributed by atoms with Crippen molar-refractivity contribution < 1.29 is 4.79 Å². The Hall–Kier alpha value is -1.54. The van der Waals surface area contributed by atoms with E-state index in [1.54, 1.807) is 6.07 Å². The molecule has 0 aliphatic rings. The van der Waals surface area contributed by atoms with E-state index in [-0.39, 0.29) is 11.9 Å². The smallest absolute Gasteiger partial charge is 0.258 e. The van der Waals surface area contributed by atoms with E-state index in [0.29, 0.717) is 5.00 Å². The minimum Gasteiger partial charge on any atom is -0.269 e. The van der Waals surface area contributed by atoms with Gasteiger partial charge in [0, 0.05) is 0 Å². The van der Waals surface area contributed by atoms with Gasteiger partial charge in [-0.2, -0.15) is 0 Å². The second-order valence-corrected chi connectivity index (χ2v) is 5.12. The molecule has 2 aromatic rings. The first kappa shape index (κ1) is 11.0. The van der Waals surface area contributed by atoms with Crippen LogP contribution in [0, 0.1) is 0 Å². The predicted molar refractivity (Wildman–Crippen MR) is 63.5 cm³/mol. The van der Waals surface area contributed by atoms with Crippen LogP contribution in [-0.2, 0) is 4.79 Å². The van der Waals surface area contributed by atoms with E-state index in [1.807, 2.05) is 6.07 Å². The number of hydrogen-bond donors (Lipinski definition) is 1. The highest BCUT2D eigenvalue weighted by Gasteiger charge is 2.20. The molecule has 0 saturated carbocycles. The number of carbonyl (C=O) groups excluding carboxylic acids is 1. The molecule has 0 bridgehead atoms. The zero-order chi connectivity index (χ0) is 11.5. The van der Waals surface area contributed by atoms with Crippen molar-refractivity contribution in [3.63, 3.8) is 0 Å². The van der Waals surface area contributed by atoms with Gasteiger partial charge in [0.15, 0.2) is 0 Å². The zero-order valence-electron chi connectivity index (χ0n) is 7.92. The Kier molecular flexibility index (Phi) is 3.11. The summed E-state index contributed by atoms with van der Waals surface area (Å²) in [5, 5.41) is 13.8. The van der Waals surface area contributed by atoms with Crippen molar-refractivity contribution in [1.82, 2.24) is 20.6 Å². The molecule has 0 aliphatic heterocycles. The van der Waals surface area contributed by atoms with Gasteiger partial charge in [-0.15, -0.1) is 11.3 Å². The van der Waals surface area contributed by atoms with Crippen LogP contribution >= 0.6 is 27.3 Å². The predicted octanol–water partition coefficient (Wildman–Crippen LogP) is 1.87. The fraction of sp³-hybridized carbons (Fsp3) is 0. The molecule has 0 spiro atoms. The summed E-state index contributed by atoms with van der Waals surface area (Å²) >= 11 is 4.72. The summed E-state index contributed by atoms with van der Waals surface area (Å²) in [7, 11) is 0. The van der Waals surface area contributed by atoms with Crippen molar-refractivity contribution in [1.29, 1.82) is 0 Å². The van der Waals surface area contributed by atoms with Gasteiger partial charge in [-0.25, -0.2) is 10.00 Å². The van der Waals surface area contributed by atoms with Gasteiger partial charge in [-0.05, 0) is 44.6 Å². The summed E-state index contributed by atoms with van der Waals surface area (Å²) in [4.78, 5) is 13.1. The second kappa shape index (κ2) is 4.54. The van der Waals surface area contributed by atoms with Crippen LogP contribution in [0.15, 0.2) is 28.6 Å². The zero-order valence-corrected chi connectivity index (χ0v) is 10.3. The maximum Gasteiger partial charge on any atom is 0.258 e. The number of anilines is 2. The van der Waals surface area contributed by atoms with Gasteiger partial charge < -0.3 is 0 Å². The molecular weight excluding hydrogens is 294 g/mol. The summed E-state index contributed by atoms with van der Waals surface area (Å²) in [5.41, 5.74) is 0. The van der Waals surface area contributed by atoms with Gasteiger partial charge in [-0.3, -0.25) is 4.79 Å². The quantitative estimate of drug-likeness (QED) is 0.878. The van der Waals surface area contributed by atoms with Crippen molar-refractivity contribution in [2.75, 3.05) is 4.90 Å². The van der Waals surface area contributed by atoms with Crippen LogP contribution in [-0.4, -0.2) is 26.5 Å². The van der Waals surface area contributed by atoms with Crippen molar-refractivity contribution in [2.24, 2.45) is 0 Å². The number of aromatic amines is 1. The molecule has 0 aromatic carbocycles. The topological polar surface area (TPSA) is 74.8 Å². The molecular formula is C8H6BrN5OS. The van der Waals surface area contributed by atoms with Crippen LogP contribution in [0.4, 0.5) is 10.9 Å². The third kappa shape index (κ3) is 2.02. The van der Waals surface area contributed by atoms with Gasteiger partial charge in [-0.1, -0.05) is 11.7 Å². The SMILES string of the molecule is C=CC(=O)N(c1nnn[nH]1)c1ccc(Br)s1. The number of carbonyl (C=O) groups is 1. The number of nitrogens with one attached hydrogen (secondary N) is 1. The highest BCUT2D eigenvalue weighted by atomic mass is 79.9. The van der Waals surface area contributed by atoms with Crippen molar-refractivity contribution in [3.05, 3.63) is 28.6 Å². The summed E-state index contributed by atoms with van der Waals surface area (Å²) in [6.07, 6.45) is 1.20. The van der Waals surface area contributed by atoms with Gasteiger partial charge in [0.2, 0.25) is 0 Å². The van der Waals surface area contributed by atoms with E-state index in [1.165, 1.54) is 22.3 Å². The van der Waals surface area contributed by atoms with Crippen LogP contribution in [0.2, 0.25) is 0 Å². The van der Waals surface area contributed by atoms with Crippen LogP contribution in [0.3, 0.4) is 0 Å². The fourth-order valence-electron chi connectivity index (χ4n) is 1.08. The minimum atomic E-state index is -0.298. The number of H-pyrrole nitrogens is 1. The van der Waals surface area contributed by atoms with Crippen molar-refractivity contribution in [3.8, 4) is 0 Å². The highest BCUT2D eigenvalue weighted by molar-refractivity contribution is 9.11. The third-order valence-corrected chi connectivity index (χ3v) is 3.33. The number of hydrogen-bond acceptors (Lipinski definition) is 5. The van der Waals surface area contributed by atoms with Crippen LogP contribution < -0.4 is 4.90 Å². The number of thiophene rings is 1. The number of amides is 1. The molecule has 0 radical (unpaired) electrons. The Morgan fingerprint density at radius 2 is 2.44 bits per heavy atom. The van der Waals surface area contributed by atoms with Crippen LogP contribution in [0.25, 0.3) is 0 Å². The Bertz CT molecular complexity index is 508.